The number of furan rings is 1. The summed E-state index contributed by atoms with van der Waals surface area (Å²) in [6, 6.07) is 4.17. The Labute approximate surface area is 143 Å². The molecule has 2 N–H and O–H groups in total. The van der Waals surface area contributed by atoms with Crippen molar-refractivity contribution in [2.75, 3.05) is 0 Å². The van der Waals surface area contributed by atoms with Crippen LogP contribution in [0.25, 0.3) is 5.76 Å². The van der Waals surface area contributed by atoms with Crippen LogP contribution in [0.4, 0.5) is 13.2 Å². The maximum Gasteiger partial charge on any atom is 0.416 e. The average molecular weight is 365 g/mol. The molecule has 7 nitrogen and oxygen atoms in total. The Balaban J connectivity index is 1.83. The molecule has 0 atom stereocenters. The van der Waals surface area contributed by atoms with Gasteiger partial charge in [0.15, 0.2) is 17.3 Å². The summed E-state index contributed by atoms with van der Waals surface area (Å²) in [5, 5.41) is 15.8. The van der Waals surface area contributed by atoms with Crippen LogP contribution >= 0.6 is 0 Å². The third-order valence-electron chi connectivity index (χ3n) is 3.19. The van der Waals surface area contributed by atoms with Crippen molar-refractivity contribution in [2.45, 2.75) is 6.18 Å². The molecule has 0 spiro atoms. The van der Waals surface area contributed by atoms with Gasteiger partial charge in [0.25, 0.3) is 0 Å². The van der Waals surface area contributed by atoms with Crippen molar-refractivity contribution in [3.63, 3.8) is 0 Å². The molecule has 26 heavy (non-hydrogen) atoms. The van der Waals surface area contributed by atoms with Crippen LogP contribution in [0.1, 0.15) is 21.7 Å². The van der Waals surface area contributed by atoms with E-state index in [-0.39, 0.29) is 22.9 Å². The zero-order chi connectivity index (χ0) is 18.7. The molecule has 0 radical (unpaired) electrons. The summed E-state index contributed by atoms with van der Waals surface area (Å²) in [6.07, 6.45) is -0.366. The first kappa shape index (κ1) is 17.3. The quantitative estimate of drug-likeness (QED) is 0.403. The van der Waals surface area contributed by atoms with E-state index >= 15 is 0 Å². The summed E-state index contributed by atoms with van der Waals surface area (Å²) in [5.74, 6) is -1.53. The first-order valence-electron chi connectivity index (χ1n) is 7.07. The number of alkyl halides is 3. The number of aromatic nitrogens is 3. The van der Waals surface area contributed by atoms with E-state index in [4.69, 9.17) is 9.15 Å². The average Bonchev–Trinajstić information content (AvgIpc) is 3.26. The Hall–Kier alpha value is -3.56. The minimum absolute atomic E-state index is 0.0931. The number of allylic oxidation sites excluding steroid dienone is 1. The largest absolute Gasteiger partial charge is 0.504 e. The van der Waals surface area contributed by atoms with Gasteiger partial charge in [-0.3, -0.25) is 9.89 Å². The molecular formula is C16H10F3N3O4. The van der Waals surface area contributed by atoms with Crippen LogP contribution in [-0.2, 0) is 6.18 Å². The molecule has 0 aliphatic rings. The summed E-state index contributed by atoms with van der Waals surface area (Å²) in [7, 11) is 0. The van der Waals surface area contributed by atoms with Crippen molar-refractivity contribution < 1.29 is 32.2 Å². The van der Waals surface area contributed by atoms with Gasteiger partial charge >= 0.3 is 6.18 Å². The van der Waals surface area contributed by atoms with Crippen molar-refractivity contribution >= 4 is 11.5 Å². The Morgan fingerprint density at radius 1 is 1.31 bits per heavy atom. The number of nitrogens with zero attached hydrogens (tertiary/aromatic N) is 2. The molecule has 0 saturated heterocycles. The van der Waals surface area contributed by atoms with E-state index in [2.05, 4.69) is 15.2 Å². The number of carbonyl (C=O) groups excluding carboxylic acids is 1. The first-order chi connectivity index (χ1) is 12.3. The zero-order valence-electron chi connectivity index (χ0n) is 12.8. The van der Waals surface area contributed by atoms with Gasteiger partial charge in [-0.25, -0.2) is 4.98 Å². The molecule has 0 saturated carbocycles. The Morgan fingerprint density at radius 2 is 2.12 bits per heavy atom. The SMILES string of the molecule is O=C(C=C(O)c1nc[nH]n1)c1cocc1Oc1cccc(C(F)(F)F)c1. The summed E-state index contributed by atoms with van der Waals surface area (Å²) in [4.78, 5) is 15.9. The van der Waals surface area contributed by atoms with Crippen LogP contribution in [0.15, 0.2) is 53.6 Å². The first-order valence-corrected chi connectivity index (χ1v) is 7.07. The molecule has 0 bridgehead atoms. The fourth-order valence-electron chi connectivity index (χ4n) is 2.01. The predicted molar refractivity (Wildman–Crippen MR) is 81.5 cm³/mol. The molecule has 0 aliphatic heterocycles. The van der Waals surface area contributed by atoms with Gasteiger partial charge in [0.05, 0.1) is 5.56 Å². The van der Waals surface area contributed by atoms with Crippen molar-refractivity contribution in [1.29, 1.82) is 0 Å². The molecule has 3 rings (SSSR count). The lowest BCUT2D eigenvalue weighted by molar-refractivity contribution is -0.137. The second-order valence-corrected chi connectivity index (χ2v) is 4.99. The highest BCUT2D eigenvalue weighted by molar-refractivity contribution is 6.09. The number of halogens is 3. The zero-order valence-corrected chi connectivity index (χ0v) is 12.8. The summed E-state index contributed by atoms with van der Waals surface area (Å²) in [6.45, 7) is 0. The lowest BCUT2D eigenvalue weighted by atomic mass is 10.2. The van der Waals surface area contributed by atoms with Gasteiger partial charge in [-0.05, 0) is 18.2 Å². The van der Waals surface area contributed by atoms with Crippen molar-refractivity contribution in [2.24, 2.45) is 0 Å². The number of aliphatic hydroxyl groups is 1. The summed E-state index contributed by atoms with van der Waals surface area (Å²) in [5.41, 5.74) is -0.988. The number of benzene rings is 1. The number of carbonyl (C=O) groups is 1. The number of rotatable bonds is 5. The molecule has 2 aromatic heterocycles. The normalized spacial score (nSPS) is 12.2. The minimum Gasteiger partial charge on any atom is -0.504 e. The molecule has 3 aromatic rings. The van der Waals surface area contributed by atoms with E-state index in [1.807, 2.05) is 0 Å². The number of hydrogen-bond acceptors (Lipinski definition) is 6. The highest BCUT2D eigenvalue weighted by Gasteiger charge is 2.30. The van der Waals surface area contributed by atoms with Crippen LogP contribution in [0.5, 0.6) is 11.5 Å². The minimum atomic E-state index is -4.53. The van der Waals surface area contributed by atoms with Gasteiger partial charge in [-0.1, -0.05) is 6.07 Å². The topological polar surface area (TPSA) is 101 Å². The van der Waals surface area contributed by atoms with Crippen LogP contribution in [0.3, 0.4) is 0 Å². The number of aliphatic hydroxyl groups excluding tert-OH is 1. The number of ether oxygens (including phenoxy) is 1. The second-order valence-electron chi connectivity index (χ2n) is 4.99. The molecule has 0 fully saturated rings. The molecule has 0 aliphatic carbocycles. The van der Waals surface area contributed by atoms with Crippen molar-refractivity contribution in [3.05, 3.63) is 66.1 Å². The van der Waals surface area contributed by atoms with E-state index in [0.717, 1.165) is 30.7 Å². The van der Waals surface area contributed by atoms with Crippen LogP contribution < -0.4 is 4.74 Å². The maximum absolute atomic E-state index is 12.8. The number of aromatic amines is 1. The standard InChI is InChI=1S/C16H10F3N3O4/c17-16(18,19)9-2-1-3-10(4-9)26-14-7-25-6-11(14)12(23)5-13(24)15-20-8-21-22-15/h1-8,24H,(H,20,21,22). The highest BCUT2D eigenvalue weighted by Crippen LogP contribution is 2.34. The van der Waals surface area contributed by atoms with E-state index in [9.17, 15) is 23.1 Å². The fraction of sp³-hybridized carbons (Fsp3) is 0.0625. The molecular weight excluding hydrogens is 355 g/mol. The maximum atomic E-state index is 12.8. The van der Waals surface area contributed by atoms with E-state index in [0.29, 0.717) is 0 Å². The lowest BCUT2D eigenvalue weighted by Gasteiger charge is -2.09. The second kappa shape index (κ2) is 6.75. The number of ketones is 1. The van der Waals surface area contributed by atoms with Crippen molar-refractivity contribution in [3.8, 4) is 11.5 Å². The van der Waals surface area contributed by atoms with Crippen LogP contribution in [0.2, 0.25) is 0 Å². The van der Waals surface area contributed by atoms with E-state index in [1.54, 1.807) is 0 Å². The summed E-state index contributed by atoms with van der Waals surface area (Å²) >= 11 is 0. The van der Waals surface area contributed by atoms with Gasteiger partial charge in [-0.15, -0.1) is 0 Å². The summed E-state index contributed by atoms with van der Waals surface area (Å²) < 4.78 is 48.5. The Morgan fingerprint density at radius 3 is 2.81 bits per heavy atom. The lowest BCUT2D eigenvalue weighted by Crippen LogP contribution is -2.04. The van der Waals surface area contributed by atoms with Gasteiger partial charge in [-0.2, -0.15) is 18.3 Å². The van der Waals surface area contributed by atoms with Gasteiger partial charge in [0, 0.05) is 6.08 Å². The molecule has 2 heterocycles. The van der Waals surface area contributed by atoms with Crippen molar-refractivity contribution in [1.82, 2.24) is 15.2 Å². The molecule has 0 unspecified atom stereocenters. The van der Waals surface area contributed by atoms with E-state index in [1.165, 1.54) is 18.5 Å². The van der Waals surface area contributed by atoms with Crippen LogP contribution in [-0.4, -0.2) is 26.1 Å². The monoisotopic (exact) mass is 365 g/mol. The number of hydrogen-bond donors (Lipinski definition) is 2. The predicted octanol–water partition coefficient (Wildman–Crippen LogP) is 3.99. The molecule has 0 amide bonds. The van der Waals surface area contributed by atoms with E-state index < -0.39 is 23.3 Å². The van der Waals surface area contributed by atoms with Gasteiger partial charge < -0.3 is 14.3 Å². The van der Waals surface area contributed by atoms with Crippen LogP contribution in [0, 0.1) is 0 Å². The third kappa shape index (κ3) is 3.74. The smallest absolute Gasteiger partial charge is 0.416 e. The highest BCUT2D eigenvalue weighted by atomic mass is 19.4. The Bertz CT molecular complexity index is 946. The number of nitrogens with one attached hydrogen (secondary N) is 1. The molecule has 10 heteroatoms. The molecule has 1 aromatic carbocycles. The van der Waals surface area contributed by atoms with Gasteiger partial charge in [0.1, 0.15) is 30.2 Å². The third-order valence-corrected chi connectivity index (χ3v) is 3.19. The Kier molecular flexibility index (Phi) is 4.48. The number of H-pyrrole nitrogens is 1. The fourth-order valence-corrected chi connectivity index (χ4v) is 2.01. The molecule has 134 valence electrons. The van der Waals surface area contributed by atoms with Gasteiger partial charge in [0.2, 0.25) is 5.82 Å².